The molecule has 0 bridgehead atoms. The van der Waals surface area contributed by atoms with E-state index in [-0.39, 0.29) is 17.3 Å². The molecule has 4 aromatic rings. The second-order valence-electron chi connectivity index (χ2n) is 6.47. The van der Waals surface area contributed by atoms with Crippen LogP contribution in [-0.4, -0.2) is 23.9 Å². The highest BCUT2D eigenvalue weighted by atomic mass is 32.2. The number of rotatable bonds is 6. The molecule has 0 aliphatic heterocycles. The van der Waals surface area contributed by atoms with Crippen LogP contribution >= 0.6 is 11.3 Å². The molecular weight excluding hydrogens is 408 g/mol. The van der Waals surface area contributed by atoms with Gasteiger partial charge < -0.3 is 9.88 Å². The monoisotopic (exact) mass is 426 g/mol. The Labute approximate surface area is 172 Å². The predicted molar refractivity (Wildman–Crippen MR) is 115 cm³/mol. The Morgan fingerprint density at radius 3 is 2.66 bits per heavy atom. The number of nitrogens with one attached hydrogen (secondary N) is 2. The molecule has 0 fully saturated rings. The summed E-state index contributed by atoms with van der Waals surface area (Å²) in [6.45, 7) is 2.20. The van der Waals surface area contributed by atoms with E-state index in [2.05, 4.69) is 15.0 Å². The Morgan fingerprint density at radius 1 is 1.14 bits per heavy atom. The molecule has 2 aromatic carbocycles. The van der Waals surface area contributed by atoms with Crippen LogP contribution < -0.4 is 10.0 Å². The van der Waals surface area contributed by atoms with Crippen molar-refractivity contribution in [3.05, 3.63) is 71.9 Å². The van der Waals surface area contributed by atoms with Crippen LogP contribution in [0, 0.1) is 6.92 Å². The van der Waals surface area contributed by atoms with Gasteiger partial charge in [0.25, 0.3) is 10.0 Å². The van der Waals surface area contributed by atoms with Gasteiger partial charge in [0.2, 0.25) is 5.91 Å². The summed E-state index contributed by atoms with van der Waals surface area (Å²) in [6, 6.07) is 14.0. The topological polar surface area (TPSA) is 93.1 Å². The second-order valence-corrected chi connectivity index (χ2v) is 9.04. The molecule has 0 atom stereocenters. The first-order chi connectivity index (χ1) is 13.9. The molecular formula is C20H18N4O3S2. The number of thiazole rings is 1. The van der Waals surface area contributed by atoms with Gasteiger partial charge in [-0.15, -0.1) is 11.3 Å². The molecule has 2 aromatic heterocycles. The Balaban J connectivity index is 1.44. The van der Waals surface area contributed by atoms with Gasteiger partial charge in [-0.25, -0.2) is 13.4 Å². The molecule has 9 heteroatoms. The number of fused-ring (bicyclic) bond motifs is 1. The van der Waals surface area contributed by atoms with Gasteiger partial charge >= 0.3 is 0 Å². The summed E-state index contributed by atoms with van der Waals surface area (Å²) in [7, 11) is -3.72. The lowest BCUT2D eigenvalue weighted by Crippen LogP contribution is -2.18. The smallest absolute Gasteiger partial charge is 0.263 e. The number of carbonyl (C=O) groups is 1. The summed E-state index contributed by atoms with van der Waals surface area (Å²) < 4.78 is 29.0. The second kappa shape index (κ2) is 7.69. The van der Waals surface area contributed by atoms with Gasteiger partial charge in [0.1, 0.15) is 6.54 Å². The van der Waals surface area contributed by atoms with Gasteiger partial charge in [0, 0.05) is 34.4 Å². The van der Waals surface area contributed by atoms with Crippen LogP contribution in [0.2, 0.25) is 0 Å². The van der Waals surface area contributed by atoms with E-state index >= 15 is 0 Å². The quantitative estimate of drug-likeness (QED) is 0.490. The van der Waals surface area contributed by atoms with Crippen molar-refractivity contribution in [2.75, 3.05) is 10.0 Å². The van der Waals surface area contributed by atoms with Crippen molar-refractivity contribution in [2.24, 2.45) is 0 Å². The van der Waals surface area contributed by atoms with Gasteiger partial charge in [-0.1, -0.05) is 12.1 Å². The molecule has 0 radical (unpaired) electrons. The first-order valence-electron chi connectivity index (χ1n) is 8.79. The highest BCUT2D eigenvalue weighted by Crippen LogP contribution is 2.21. The van der Waals surface area contributed by atoms with Crippen molar-refractivity contribution >= 4 is 49.0 Å². The summed E-state index contributed by atoms with van der Waals surface area (Å²) in [6.07, 6.45) is 3.41. The van der Waals surface area contributed by atoms with E-state index in [0.717, 1.165) is 16.5 Å². The van der Waals surface area contributed by atoms with Crippen LogP contribution in [0.3, 0.4) is 0 Å². The number of nitrogens with zero attached hydrogens (tertiary/aromatic N) is 2. The molecule has 29 heavy (non-hydrogen) atoms. The van der Waals surface area contributed by atoms with Crippen LogP contribution in [0.1, 0.15) is 5.56 Å². The van der Waals surface area contributed by atoms with E-state index in [0.29, 0.717) is 10.8 Å². The lowest BCUT2D eigenvalue weighted by molar-refractivity contribution is -0.116. The zero-order chi connectivity index (χ0) is 20.4. The number of carbonyl (C=O) groups excluding carboxylic acids is 1. The first kappa shape index (κ1) is 19.2. The Hall–Kier alpha value is -3.17. The average molecular weight is 427 g/mol. The maximum Gasteiger partial charge on any atom is 0.263 e. The number of hydrogen-bond donors (Lipinski definition) is 2. The fourth-order valence-electron chi connectivity index (χ4n) is 3.04. The lowest BCUT2D eigenvalue weighted by atomic mass is 10.1. The van der Waals surface area contributed by atoms with E-state index in [9.17, 15) is 13.2 Å². The minimum atomic E-state index is -3.72. The third kappa shape index (κ3) is 4.15. The minimum absolute atomic E-state index is 0.0950. The number of aryl methyl sites for hydroxylation is 1. The standard InChI is InChI=1S/C20H18N4O3S2/c1-14-3-2-4-18-17(14)9-11-24(18)13-19(25)22-15-5-7-16(8-6-15)29(26,27)23-20-21-10-12-28-20/h2-12H,13H2,1H3,(H,21,23)(H,22,25). The van der Waals surface area contributed by atoms with Crippen molar-refractivity contribution in [1.29, 1.82) is 0 Å². The van der Waals surface area contributed by atoms with Crippen molar-refractivity contribution in [3.63, 3.8) is 0 Å². The largest absolute Gasteiger partial charge is 0.338 e. The number of sulfonamides is 1. The van der Waals surface area contributed by atoms with E-state index < -0.39 is 10.0 Å². The number of anilines is 2. The molecule has 1 amide bonds. The minimum Gasteiger partial charge on any atom is -0.338 e. The van der Waals surface area contributed by atoms with E-state index in [1.54, 1.807) is 17.5 Å². The summed E-state index contributed by atoms with van der Waals surface area (Å²) >= 11 is 1.20. The first-order valence-corrected chi connectivity index (χ1v) is 11.2. The summed E-state index contributed by atoms with van der Waals surface area (Å²) in [5.41, 5.74) is 2.68. The van der Waals surface area contributed by atoms with Crippen molar-refractivity contribution in [1.82, 2.24) is 9.55 Å². The highest BCUT2D eigenvalue weighted by molar-refractivity contribution is 7.93. The van der Waals surface area contributed by atoms with Crippen LogP contribution in [0.5, 0.6) is 0 Å². The zero-order valence-corrected chi connectivity index (χ0v) is 17.1. The van der Waals surface area contributed by atoms with E-state index in [4.69, 9.17) is 0 Å². The maximum atomic E-state index is 12.4. The Kier molecular flexibility index (Phi) is 5.08. The average Bonchev–Trinajstić information content (AvgIpc) is 3.33. The van der Waals surface area contributed by atoms with Crippen LogP contribution in [0.25, 0.3) is 10.9 Å². The predicted octanol–water partition coefficient (Wildman–Crippen LogP) is 3.85. The molecule has 0 saturated carbocycles. The van der Waals surface area contributed by atoms with E-state index in [1.165, 1.54) is 29.7 Å². The van der Waals surface area contributed by atoms with Gasteiger partial charge in [0.15, 0.2) is 5.13 Å². The van der Waals surface area contributed by atoms with Gasteiger partial charge in [0.05, 0.1) is 4.90 Å². The Bertz CT molecular complexity index is 1260. The number of amides is 1. The SMILES string of the molecule is Cc1cccc2c1ccn2CC(=O)Nc1ccc(S(=O)(=O)Nc2nccs2)cc1. The summed E-state index contributed by atoms with van der Waals surface area (Å²) in [5.74, 6) is -0.194. The highest BCUT2D eigenvalue weighted by Gasteiger charge is 2.15. The molecule has 0 unspecified atom stereocenters. The molecule has 0 spiro atoms. The van der Waals surface area contributed by atoms with Crippen LogP contribution in [0.4, 0.5) is 10.8 Å². The van der Waals surface area contributed by atoms with Crippen LogP contribution in [0.15, 0.2) is 71.2 Å². The number of aromatic nitrogens is 2. The number of hydrogen-bond acceptors (Lipinski definition) is 5. The van der Waals surface area contributed by atoms with E-state index in [1.807, 2.05) is 42.0 Å². The third-order valence-electron chi connectivity index (χ3n) is 4.45. The molecule has 0 saturated heterocycles. The number of benzene rings is 2. The lowest BCUT2D eigenvalue weighted by Gasteiger charge is -2.09. The summed E-state index contributed by atoms with van der Waals surface area (Å²) in [4.78, 5) is 16.4. The third-order valence-corrected chi connectivity index (χ3v) is 6.62. The molecule has 0 aliphatic carbocycles. The van der Waals surface area contributed by atoms with Crippen molar-refractivity contribution < 1.29 is 13.2 Å². The van der Waals surface area contributed by atoms with Crippen molar-refractivity contribution in [2.45, 2.75) is 18.4 Å². The fraction of sp³-hybridized carbons (Fsp3) is 0.100. The molecule has 148 valence electrons. The molecule has 7 nitrogen and oxygen atoms in total. The molecule has 2 N–H and O–H groups in total. The maximum absolute atomic E-state index is 12.4. The Morgan fingerprint density at radius 2 is 1.93 bits per heavy atom. The summed E-state index contributed by atoms with van der Waals surface area (Å²) in [5, 5.41) is 5.90. The van der Waals surface area contributed by atoms with Gasteiger partial charge in [-0.3, -0.25) is 9.52 Å². The van der Waals surface area contributed by atoms with Gasteiger partial charge in [-0.05, 0) is 48.9 Å². The molecule has 0 aliphatic rings. The zero-order valence-electron chi connectivity index (χ0n) is 15.5. The fourth-order valence-corrected chi connectivity index (χ4v) is 4.82. The van der Waals surface area contributed by atoms with Gasteiger partial charge in [-0.2, -0.15) is 0 Å². The van der Waals surface area contributed by atoms with Crippen LogP contribution in [-0.2, 0) is 21.4 Å². The molecule has 4 rings (SSSR count). The van der Waals surface area contributed by atoms with Crippen molar-refractivity contribution in [3.8, 4) is 0 Å². The molecule has 2 heterocycles. The normalized spacial score (nSPS) is 11.5.